The first-order valence-electron chi connectivity index (χ1n) is 6.95. The van der Waals surface area contributed by atoms with Gasteiger partial charge in [0.15, 0.2) is 0 Å². The molecule has 1 unspecified atom stereocenters. The van der Waals surface area contributed by atoms with Crippen molar-refractivity contribution in [2.45, 2.75) is 32.8 Å². The van der Waals surface area contributed by atoms with Crippen LogP contribution in [0.2, 0.25) is 0 Å². The Hall–Kier alpha value is -1.80. The molecule has 0 fully saturated rings. The number of benzene rings is 2. The smallest absolute Gasteiger partial charge is 0.118 e. The highest BCUT2D eigenvalue weighted by atomic mass is 16.5. The van der Waals surface area contributed by atoms with E-state index in [2.05, 4.69) is 32.0 Å². The van der Waals surface area contributed by atoms with Crippen molar-refractivity contribution in [2.24, 2.45) is 0 Å². The van der Waals surface area contributed by atoms with Crippen molar-refractivity contribution in [1.29, 1.82) is 0 Å². The third-order valence-electron chi connectivity index (χ3n) is 3.38. The normalized spacial score (nSPS) is 12.2. The second-order valence-corrected chi connectivity index (χ2v) is 5.41. The molecule has 0 aliphatic heterocycles. The predicted molar refractivity (Wildman–Crippen MR) is 82.3 cm³/mol. The minimum atomic E-state index is -0.357. The number of aryl methyl sites for hydroxylation is 2. The lowest BCUT2D eigenvalue weighted by Gasteiger charge is -2.12. The van der Waals surface area contributed by atoms with E-state index < -0.39 is 0 Å². The second kappa shape index (κ2) is 6.58. The molecule has 2 rings (SSSR count). The van der Waals surface area contributed by atoms with Crippen LogP contribution >= 0.6 is 0 Å². The summed E-state index contributed by atoms with van der Waals surface area (Å²) in [5, 5.41) is 10.2. The first kappa shape index (κ1) is 14.6. The molecule has 0 aliphatic rings. The molecule has 2 nitrogen and oxygen atoms in total. The maximum absolute atomic E-state index is 10.2. The zero-order valence-electron chi connectivity index (χ0n) is 12.4. The van der Waals surface area contributed by atoms with Crippen LogP contribution in [0.5, 0.6) is 5.75 Å². The number of aliphatic hydroxyl groups is 1. The van der Waals surface area contributed by atoms with Crippen LogP contribution in [-0.2, 0) is 12.8 Å². The van der Waals surface area contributed by atoms with Crippen LogP contribution in [0.1, 0.15) is 22.3 Å². The van der Waals surface area contributed by atoms with Crippen LogP contribution in [0.15, 0.2) is 42.5 Å². The van der Waals surface area contributed by atoms with Crippen LogP contribution in [0.4, 0.5) is 0 Å². The third kappa shape index (κ3) is 4.10. The van der Waals surface area contributed by atoms with Gasteiger partial charge in [0, 0.05) is 0 Å². The fraction of sp³-hybridized carbons (Fsp3) is 0.333. The van der Waals surface area contributed by atoms with Gasteiger partial charge < -0.3 is 9.84 Å². The number of rotatable bonds is 5. The molecule has 0 aliphatic carbocycles. The summed E-state index contributed by atoms with van der Waals surface area (Å²) in [5.74, 6) is 0.845. The highest BCUT2D eigenvalue weighted by Gasteiger charge is 2.08. The second-order valence-electron chi connectivity index (χ2n) is 5.41. The van der Waals surface area contributed by atoms with Gasteiger partial charge in [-0.1, -0.05) is 41.5 Å². The molecule has 0 spiro atoms. The molecule has 0 heterocycles. The molecule has 2 aromatic rings. The topological polar surface area (TPSA) is 29.5 Å². The Kier molecular flexibility index (Phi) is 4.80. The van der Waals surface area contributed by atoms with E-state index in [1.807, 2.05) is 24.3 Å². The minimum Gasteiger partial charge on any atom is -0.497 e. The Labute approximate surface area is 121 Å². The van der Waals surface area contributed by atoms with Crippen LogP contribution < -0.4 is 4.74 Å². The number of hydrogen-bond donors (Lipinski definition) is 1. The Morgan fingerprint density at radius 2 is 1.45 bits per heavy atom. The fourth-order valence-corrected chi connectivity index (χ4v) is 2.56. The van der Waals surface area contributed by atoms with Crippen LogP contribution in [0.25, 0.3) is 0 Å². The van der Waals surface area contributed by atoms with E-state index in [4.69, 9.17) is 4.74 Å². The summed E-state index contributed by atoms with van der Waals surface area (Å²) in [5.41, 5.74) is 4.82. The SMILES string of the molecule is COc1ccc(CC(O)Cc2cc(C)cc(C)c2)cc1. The van der Waals surface area contributed by atoms with E-state index in [1.165, 1.54) is 16.7 Å². The molecule has 0 amide bonds. The molecule has 1 N–H and O–H groups in total. The lowest BCUT2D eigenvalue weighted by Crippen LogP contribution is -2.14. The largest absolute Gasteiger partial charge is 0.497 e. The summed E-state index contributed by atoms with van der Waals surface area (Å²) in [6.45, 7) is 4.18. The molecule has 2 heteroatoms. The summed E-state index contributed by atoms with van der Waals surface area (Å²) in [4.78, 5) is 0. The van der Waals surface area contributed by atoms with Gasteiger partial charge in [-0.05, 0) is 49.9 Å². The van der Waals surface area contributed by atoms with E-state index in [9.17, 15) is 5.11 Å². The van der Waals surface area contributed by atoms with E-state index in [-0.39, 0.29) is 6.10 Å². The molecule has 2 aromatic carbocycles. The quantitative estimate of drug-likeness (QED) is 0.901. The lowest BCUT2D eigenvalue weighted by atomic mass is 9.98. The van der Waals surface area contributed by atoms with Crippen molar-refractivity contribution >= 4 is 0 Å². The van der Waals surface area contributed by atoms with Gasteiger partial charge in [-0.2, -0.15) is 0 Å². The molecule has 0 saturated carbocycles. The maximum atomic E-state index is 10.2. The average Bonchev–Trinajstić information content (AvgIpc) is 2.38. The summed E-state index contributed by atoms with van der Waals surface area (Å²) in [7, 11) is 1.66. The van der Waals surface area contributed by atoms with E-state index in [0.717, 1.165) is 11.3 Å². The predicted octanol–water partition coefficient (Wildman–Crippen LogP) is 3.46. The lowest BCUT2D eigenvalue weighted by molar-refractivity contribution is 0.175. The van der Waals surface area contributed by atoms with Gasteiger partial charge in [-0.3, -0.25) is 0 Å². The monoisotopic (exact) mass is 270 g/mol. The Morgan fingerprint density at radius 1 is 0.900 bits per heavy atom. The summed E-state index contributed by atoms with van der Waals surface area (Å²) >= 11 is 0. The zero-order valence-corrected chi connectivity index (χ0v) is 12.4. The summed E-state index contributed by atoms with van der Waals surface area (Å²) < 4.78 is 5.13. The molecule has 0 bridgehead atoms. The highest BCUT2D eigenvalue weighted by Crippen LogP contribution is 2.15. The average molecular weight is 270 g/mol. The molecule has 1 atom stereocenters. The Balaban J connectivity index is 1.98. The summed E-state index contributed by atoms with van der Waals surface area (Å²) in [6, 6.07) is 14.3. The molecule has 20 heavy (non-hydrogen) atoms. The molecular formula is C18H22O2. The first-order valence-corrected chi connectivity index (χ1v) is 6.95. The van der Waals surface area contributed by atoms with Gasteiger partial charge >= 0.3 is 0 Å². The van der Waals surface area contributed by atoms with Gasteiger partial charge in [0.2, 0.25) is 0 Å². The molecule has 0 saturated heterocycles. The van der Waals surface area contributed by atoms with Crippen molar-refractivity contribution < 1.29 is 9.84 Å². The number of hydrogen-bond acceptors (Lipinski definition) is 2. The number of aliphatic hydroxyl groups excluding tert-OH is 1. The van der Waals surface area contributed by atoms with Gasteiger partial charge in [0.25, 0.3) is 0 Å². The van der Waals surface area contributed by atoms with Crippen molar-refractivity contribution in [3.05, 3.63) is 64.7 Å². The number of methoxy groups -OCH3 is 1. The van der Waals surface area contributed by atoms with Crippen molar-refractivity contribution in [2.75, 3.05) is 7.11 Å². The number of ether oxygens (including phenoxy) is 1. The standard InChI is InChI=1S/C18H22O2/c1-13-8-14(2)10-16(9-13)12-17(19)11-15-4-6-18(20-3)7-5-15/h4-10,17,19H,11-12H2,1-3H3. The van der Waals surface area contributed by atoms with Gasteiger partial charge in [0.05, 0.1) is 13.2 Å². The van der Waals surface area contributed by atoms with Gasteiger partial charge in [0.1, 0.15) is 5.75 Å². The Morgan fingerprint density at radius 3 is 2.00 bits per heavy atom. The van der Waals surface area contributed by atoms with E-state index >= 15 is 0 Å². The maximum Gasteiger partial charge on any atom is 0.118 e. The molecule has 0 radical (unpaired) electrons. The van der Waals surface area contributed by atoms with Gasteiger partial charge in [-0.25, -0.2) is 0 Å². The van der Waals surface area contributed by atoms with Crippen molar-refractivity contribution in [3.8, 4) is 5.75 Å². The minimum absolute atomic E-state index is 0.357. The zero-order chi connectivity index (χ0) is 14.5. The highest BCUT2D eigenvalue weighted by molar-refractivity contribution is 5.30. The van der Waals surface area contributed by atoms with E-state index in [1.54, 1.807) is 7.11 Å². The fourth-order valence-electron chi connectivity index (χ4n) is 2.56. The van der Waals surface area contributed by atoms with Crippen molar-refractivity contribution in [1.82, 2.24) is 0 Å². The van der Waals surface area contributed by atoms with Crippen molar-refractivity contribution in [3.63, 3.8) is 0 Å². The van der Waals surface area contributed by atoms with Crippen LogP contribution in [0, 0.1) is 13.8 Å². The van der Waals surface area contributed by atoms with E-state index in [0.29, 0.717) is 12.8 Å². The van der Waals surface area contributed by atoms with Crippen LogP contribution in [0.3, 0.4) is 0 Å². The van der Waals surface area contributed by atoms with Gasteiger partial charge in [-0.15, -0.1) is 0 Å². The molecule has 0 aromatic heterocycles. The van der Waals surface area contributed by atoms with Crippen LogP contribution in [-0.4, -0.2) is 18.3 Å². The molecule has 106 valence electrons. The third-order valence-corrected chi connectivity index (χ3v) is 3.38. The summed E-state index contributed by atoms with van der Waals surface area (Å²) in [6.07, 6.45) is 0.996. The molecular weight excluding hydrogens is 248 g/mol. The Bertz CT molecular complexity index is 538. The first-order chi connectivity index (χ1) is 9.56.